The Labute approximate surface area is 175 Å². The van der Waals surface area contributed by atoms with E-state index in [4.69, 9.17) is 14.2 Å². The Morgan fingerprint density at radius 1 is 1.38 bits per heavy atom. The second kappa shape index (κ2) is 9.87. The summed E-state index contributed by atoms with van der Waals surface area (Å²) in [5.74, 6) is 0.817. The first-order valence-corrected chi connectivity index (χ1v) is 10.4. The van der Waals surface area contributed by atoms with Crippen molar-refractivity contribution in [2.75, 3.05) is 32.1 Å². The molecule has 7 nitrogen and oxygen atoms in total. The molecule has 156 valence electrons. The van der Waals surface area contributed by atoms with E-state index in [2.05, 4.69) is 35.6 Å². The third-order valence-corrected chi connectivity index (χ3v) is 5.24. The molecule has 1 amide bonds. The van der Waals surface area contributed by atoms with Crippen LogP contribution in [0.1, 0.15) is 29.9 Å². The summed E-state index contributed by atoms with van der Waals surface area (Å²) in [7, 11) is 1.54. The molecule has 1 aromatic heterocycles. The number of rotatable bonds is 8. The number of amides is 1. The first-order valence-electron chi connectivity index (χ1n) is 9.53. The summed E-state index contributed by atoms with van der Waals surface area (Å²) in [4.78, 5) is 19.5. The van der Waals surface area contributed by atoms with E-state index in [1.165, 1.54) is 18.4 Å². The molecule has 2 aromatic rings. The van der Waals surface area contributed by atoms with Gasteiger partial charge in [-0.25, -0.2) is 4.98 Å². The number of methoxy groups -OCH3 is 1. The fourth-order valence-corrected chi connectivity index (χ4v) is 4.02. The molecule has 0 spiro atoms. The van der Waals surface area contributed by atoms with Gasteiger partial charge in [0.15, 0.2) is 16.6 Å². The van der Waals surface area contributed by atoms with Crippen molar-refractivity contribution in [3.05, 3.63) is 47.5 Å². The fourth-order valence-electron chi connectivity index (χ4n) is 3.33. The van der Waals surface area contributed by atoms with Crippen molar-refractivity contribution in [3.8, 4) is 11.5 Å². The largest absolute Gasteiger partial charge is 0.493 e. The number of anilines is 1. The Morgan fingerprint density at radius 2 is 2.14 bits per heavy atom. The van der Waals surface area contributed by atoms with Crippen molar-refractivity contribution < 1.29 is 19.0 Å². The lowest BCUT2D eigenvalue weighted by molar-refractivity contribution is -0.0707. The fraction of sp³-hybridized carbons (Fsp3) is 0.429. The number of nitrogens with one attached hydrogen (secondary N) is 1. The average Bonchev–Trinajstić information content (AvgIpc) is 3.11. The Morgan fingerprint density at radius 3 is 2.83 bits per heavy atom. The molecule has 1 aliphatic rings. The highest BCUT2D eigenvalue weighted by atomic mass is 32.1. The molecule has 1 N–H and O–H groups in total. The van der Waals surface area contributed by atoms with E-state index in [1.807, 2.05) is 5.38 Å². The van der Waals surface area contributed by atoms with Gasteiger partial charge in [0.05, 0.1) is 25.0 Å². The third-order valence-electron chi connectivity index (χ3n) is 4.44. The number of benzene rings is 1. The smallest absolute Gasteiger partial charge is 0.257 e. The second-order valence-electron chi connectivity index (χ2n) is 7.01. The maximum Gasteiger partial charge on any atom is 0.257 e. The van der Waals surface area contributed by atoms with Gasteiger partial charge in [-0.1, -0.05) is 12.7 Å². The number of aromatic nitrogens is 1. The lowest BCUT2D eigenvalue weighted by atomic mass is 10.2. The summed E-state index contributed by atoms with van der Waals surface area (Å²) >= 11 is 1.42. The summed E-state index contributed by atoms with van der Waals surface area (Å²) in [5, 5.41) is 5.41. The van der Waals surface area contributed by atoms with Crippen LogP contribution in [-0.2, 0) is 11.3 Å². The molecule has 8 heteroatoms. The highest BCUT2D eigenvalue weighted by molar-refractivity contribution is 7.13. The molecule has 3 rings (SSSR count). The molecule has 2 heterocycles. The normalized spacial score (nSPS) is 19.6. The van der Waals surface area contributed by atoms with E-state index in [0.717, 1.165) is 25.3 Å². The first-order chi connectivity index (χ1) is 14.0. The van der Waals surface area contributed by atoms with Gasteiger partial charge >= 0.3 is 0 Å². The van der Waals surface area contributed by atoms with Gasteiger partial charge in [0.1, 0.15) is 6.61 Å². The van der Waals surface area contributed by atoms with Crippen molar-refractivity contribution in [3.63, 3.8) is 0 Å². The van der Waals surface area contributed by atoms with Crippen molar-refractivity contribution in [1.29, 1.82) is 0 Å². The van der Waals surface area contributed by atoms with E-state index in [9.17, 15) is 4.79 Å². The van der Waals surface area contributed by atoms with Gasteiger partial charge in [0, 0.05) is 30.6 Å². The molecule has 2 unspecified atom stereocenters. The number of thiazole rings is 1. The number of ether oxygens (including phenoxy) is 3. The third kappa shape index (κ3) is 5.79. The maximum absolute atomic E-state index is 12.6. The summed E-state index contributed by atoms with van der Waals surface area (Å²) < 4.78 is 16.6. The van der Waals surface area contributed by atoms with Crippen LogP contribution in [0.2, 0.25) is 0 Å². The van der Waals surface area contributed by atoms with Crippen molar-refractivity contribution in [1.82, 2.24) is 9.88 Å². The first kappa shape index (κ1) is 21.3. The number of nitrogens with zero attached hydrogens (tertiary/aromatic N) is 2. The molecule has 0 saturated carbocycles. The van der Waals surface area contributed by atoms with Gasteiger partial charge in [-0.15, -0.1) is 11.3 Å². The zero-order valence-electron chi connectivity index (χ0n) is 17.0. The van der Waals surface area contributed by atoms with Gasteiger partial charge in [0.25, 0.3) is 5.91 Å². The predicted octanol–water partition coefficient (Wildman–Crippen LogP) is 3.58. The molecule has 1 saturated heterocycles. The van der Waals surface area contributed by atoms with E-state index >= 15 is 0 Å². The van der Waals surface area contributed by atoms with Crippen LogP contribution in [-0.4, -0.2) is 54.8 Å². The zero-order valence-corrected chi connectivity index (χ0v) is 17.8. The van der Waals surface area contributed by atoms with Crippen molar-refractivity contribution >= 4 is 22.4 Å². The summed E-state index contributed by atoms with van der Waals surface area (Å²) in [6.07, 6.45) is 2.08. The highest BCUT2D eigenvalue weighted by Crippen LogP contribution is 2.28. The Bertz CT molecular complexity index is 844. The minimum atomic E-state index is -0.243. The topological polar surface area (TPSA) is 72.9 Å². The highest BCUT2D eigenvalue weighted by Gasteiger charge is 2.23. The lowest BCUT2D eigenvalue weighted by Gasteiger charge is -2.34. The molecule has 1 aliphatic heterocycles. The predicted molar refractivity (Wildman–Crippen MR) is 114 cm³/mol. The van der Waals surface area contributed by atoms with Gasteiger partial charge < -0.3 is 14.2 Å². The molecule has 1 aromatic carbocycles. The van der Waals surface area contributed by atoms with E-state index < -0.39 is 0 Å². The Hall–Kier alpha value is -2.42. The molecule has 0 aliphatic carbocycles. The Kier molecular flexibility index (Phi) is 7.24. The van der Waals surface area contributed by atoms with Gasteiger partial charge in [-0.2, -0.15) is 0 Å². The minimum Gasteiger partial charge on any atom is -0.493 e. The zero-order chi connectivity index (χ0) is 20.8. The summed E-state index contributed by atoms with van der Waals surface area (Å²) in [6, 6.07) is 5.06. The summed E-state index contributed by atoms with van der Waals surface area (Å²) in [6.45, 7) is 10.7. The van der Waals surface area contributed by atoms with Crippen LogP contribution < -0.4 is 14.8 Å². The van der Waals surface area contributed by atoms with Crippen molar-refractivity contribution in [2.24, 2.45) is 0 Å². The molecule has 2 atom stereocenters. The molecular formula is C21H27N3O4S. The van der Waals surface area contributed by atoms with Crippen LogP contribution in [0.3, 0.4) is 0 Å². The summed E-state index contributed by atoms with van der Waals surface area (Å²) in [5.41, 5.74) is 1.41. The van der Waals surface area contributed by atoms with Crippen LogP contribution in [0.15, 0.2) is 36.2 Å². The number of hydrogen-bond acceptors (Lipinski definition) is 7. The Balaban J connectivity index is 1.62. The van der Waals surface area contributed by atoms with Gasteiger partial charge in [-0.3, -0.25) is 15.0 Å². The molecule has 1 fully saturated rings. The number of morpholine rings is 1. The quantitative estimate of drug-likeness (QED) is 0.662. The second-order valence-corrected chi connectivity index (χ2v) is 7.87. The minimum absolute atomic E-state index is 0.213. The molecular weight excluding hydrogens is 390 g/mol. The van der Waals surface area contributed by atoms with Gasteiger partial charge in [-0.05, 0) is 32.0 Å². The van der Waals surface area contributed by atoms with Crippen LogP contribution in [0.5, 0.6) is 11.5 Å². The number of carbonyl (C=O) groups is 1. The van der Waals surface area contributed by atoms with E-state index in [1.54, 1.807) is 24.3 Å². The standard InChI is InChI=1S/C21H27N3O4S/c1-5-8-27-18-7-6-16(9-19(18)26-4)20(25)23-21-22-17(13-29-21)12-24-10-14(2)28-15(3)11-24/h5-7,9,13-15H,1,8,10-12H2,2-4H3,(H,22,23,25). The monoisotopic (exact) mass is 417 g/mol. The maximum atomic E-state index is 12.6. The van der Waals surface area contributed by atoms with Crippen LogP contribution in [0, 0.1) is 0 Å². The average molecular weight is 418 g/mol. The van der Waals surface area contributed by atoms with Gasteiger partial charge in [0.2, 0.25) is 0 Å². The lowest BCUT2D eigenvalue weighted by Crippen LogP contribution is -2.44. The number of hydrogen-bond donors (Lipinski definition) is 1. The number of carbonyl (C=O) groups excluding carboxylic acids is 1. The van der Waals surface area contributed by atoms with Crippen LogP contribution >= 0.6 is 11.3 Å². The van der Waals surface area contributed by atoms with E-state index in [0.29, 0.717) is 28.8 Å². The van der Waals surface area contributed by atoms with Crippen molar-refractivity contribution in [2.45, 2.75) is 32.6 Å². The molecule has 0 radical (unpaired) electrons. The SMILES string of the molecule is C=CCOc1ccc(C(=O)Nc2nc(CN3CC(C)OC(C)C3)cs2)cc1OC. The molecule has 0 bridgehead atoms. The molecule has 29 heavy (non-hydrogen) atoms. The van der Waals surface area contributed by atoms with E-state index in [-0.39, 0.29) is 18.1 Å². The van der Waals surface area contributed by atoms with Crippen LogP contribution in [0.25, 0.3) is 0 Å². The van der Waals surface area contributed by atoms with Crippen LogP contribution in [0.4, 0.5) is 5.13 Å².